The van der Waals surface area contributed by atoms with E-state index in [4.69, 9.17) is 9.72 Å². The van der Waals surface area contributed by atoms with E-state index in [9.17, 15) is 0 Å². The largest absolute Gasteiger partial charge is 0.474 e. The van der Waals surface area contributed by atoms with E-state index >= 15 is 0 Å². The molecule has 0 aliphatic carbocycles. The zero-order valence-electron chi connectivity index (χ0n) is 19.3. The van der Waals surface area contributed by atoms with E-state index in [1.54, 1.807) is 0 Å². The van der Waals surface area contributed by atoms with Crippen LogP contribution in [0.2, 0.25) is 0 Å². The van der Waals surface area contributed by atoms with Gasteiger partial charge in [0.1, 0.15) is 12.3 Å². The Morgan fingerprint density at radius 2 is 2.06 bits per heavy atom. The van der Waals surface area contributed by atoms with Gasteiger partial charge in [-0.15, -0.1) is 0 Å². The van der Waals surface area contributed by atoms with E-state index in [0.717, 1.165) is 55.4 Å². The average Bonchev–Trinajstić information content (AvgIpc) is 3.13. The molecule has 2 aromatic heterocycles. The lowest BCUT2D eigenvalue weighted by Crippen LogP contribution is -2.32. The van der Waals surface area contributed by atoms with E-state index in [2.05, 4.69) is 69.8 Å². The first kappa shape index (κ1) is 20.2. The summed E-state index contributed by atoms with van der Waals surface area (Å²) in [5, 5.41) is 10.4. The topological polar surface area (TPSA) is 87.2 Å². The zero-order chi connectivity index (χ0) is 22.6. The number of rotatable bonds is 3. The van der Waals surface area contributed by atoms with Crippen molar-refractivity contribution in [3.8, 4) is 5.88 Å². The number of nitrogens with zero attached hydrogens (tertiary/aromatic N) is 4. The van der Waals surface area contributed by atoms with Crippen LogP contribution in [-0.4, -0.2) is 34.6 Å². The van der Waals surface area contributed by atoms with E-state index in [1.165, 1.54) is 22.3 Å². The van der Waals surface area contributed by atoms with Crippen LogP contribution in [0.25, 0.3) is 0 Å². The summed E-state index contributed by atoms with van der Waals surface area (Å²) in [4.78, 5) is 16.4. The molecule has 0 saturated carbocycles. The minimum Gasteiger partial charge on any atom is -0.474 e. The third-order valence-electron chi connectivity index (χ3n) is 6.96. The molecule has 3 N–H and O–H groups in total. The molecule has 1 aromatic carbocycles. The zero-order valence-corrected chi connectivity index (χ0v) is 19.3. The Labute approximate surface area is 193 Å². The molecule has 6 rings (SSSR count). The SMILES string of the molecule is Cc1c(N2CCc3cnc(Nc4ccc5c(c4)CNC5(C)C)nc3C2)cnc2c1NCCO2. The highest BCUT2D eigenvalue weighted by molar-refractivity contribution is 5.70. The predicted molar refractivity (Wildman–Crippen MR) is 129 cm³/mol. The molecule has 0 radical (unpaired) electrons. The summed E-state index contributed by atoms with van der Waals surface area (Å²) in [6.45, 7) is 10.5. The number of fused-ring (bicyclic) bond motifs is 3. The van der Waals surface area contributed by atoms with E-state index < -0.39 is 0 Å². The van der Waals surface area contributed by atoms with Crippen LogP contribution in [-0.2, 0) is 25.0 Å². The van der Waals surface area contributed by atoms with Gasteiger partial charge in [-0.2, -0.15) is 0 Å². The number of hydrogen-bond acceptors (Lipinski definition) is 8. The lowest BCUT2D eigenvalue weighted by molar-refractivity contribution is 0.310. The van der Waals surface area contributed by atoms with Crippen LogP contribution >= 0.6 is 0 Å². The van der Waals surface area contributed by atoms with Gasteiger partial charge in [0.25, 0.3) is 0 Å². The number of pyridine rings is 1. The molecule has 3 aromatic rings. The minimum absolute atomic E-state index is 0.0188. The maximum Gasteiger partial charge on any atom is 0.237 e. The Kier molecular flexibility index (Phi) is 4.65. The highest BCUT2D eigenvalue weighted by Gasteiger charge is 2.29. The molecule has 170 valence electrons. The van der Waals surface area contributed by atoms with Crippen molar-refractivity contribution >= 4 is 23.0 Å². The first-order chi connectivity index (χ1) is 16.0. The van der Waals surface area contributed by atoms with E-state index in [0.29, 0.717) is 18.4 Å². The standard InChI is InChI=1S/C25H29N7O/c1-15-21(13-27-23-22(15)26-7-9-33-23)32-8-6-16-11-28-24(31-20(16)14-32)30-18-4-5-19-17(10-18)12-29-25(19,2)3/h4-5,10-11,13,26,29H,6-9,12,14H2,1-3H3,(H,28,30,31). The Morgan fingerprint density at radius 1 is 1.15 bits per heavy atom. The van der Waals surface area contributed by atoms with Gasteiger partial charge in [0.2, 0.25) is 11.8 Å². The number of hydrogen-bond donors (Lipinski definition) is 3. The fraction of sp³-hybridized carbons (Fsp3) is 0.400. The smallest absolute Gasteiger partial charge is 0.237 e. The van der Waals surface area contributed by atoms with Gasteiger partial charge in [-0.05, 0) is 56.0 Å². The number of anilines is 4. The van der Waals surface area contributed by atoms with Crippen molar-refractivity contribution in [2.45, 2.75) is 45.8 Å². The quantitative estimate of drug-likeness (QED) is 0.566. The molecular weight excluding hydrogens is 414 g/mol. The van der Waals surface area contributed by atoms with Crippen LogP contribution in [0.4, 0.5) is 23.0 Å². The highest BCUT2D eigenvalue weighted by Crippen LogP contribution is 2.36. The summed E-state index contributed by atoms with van der Waals surface area (Å²) < 4.78 is 5.69. The van der Waals surface area contributed by atoms with Crippen LogP contribution in [0.3, 0.4) is 0 Å². The molecule has 0 fully saturated rings. The maximum atomic E-state index is 5.69. The molecule has 0 unspecified atom stereocenters. The molecule has 5 heterocycles. The predicted octanol–water partition coefficient (Wildman–Crippen LogP) is 3.63. The van der Waals surface area contributed by atoms with Crippen LogP contribution in [0.5, 0.6) is 5.88 Å². The van der Waals surface area contributed by atoms with Crippen LogP contribution in [0.15, 0.2) is 30.6 Å². The fourth-order valence-electron chi connectivity index (χ4n) is 5.07. The monoisotopic (exact) mass is 443 g/mol. The summed E-state index contributed by atoms with van der Waals surface area (Å²) in [5.41, 5.74) is 9.28. The van der Waals surface area contributed by atoms with E-state index in [-0.39, 0.29) is 5.54 Å². The summed E-state index contributed by atoms with van der Waals surface area (Å²) >= 11 is 0. The van der Waals surface area contributed by atoms with Crippen molar-refractivity contribution in [3.63, 3.8) is 0 Å². The van der Waals surface area contributed by atoms with Crippen molar-refractivity contribution in [2.24, 2.45) is 0 Å². The second-order valence-corrected chi connectivity index (χ2v) is 9.54. The van der Waals surface area contributed by atoms with Gasteiger partial charge in [-0.25, -0.2) is 15.0 Å². The van der Waals surface area contributed by atoms with Gasteiger partial charge in [0, 0.05) is 42.6 Å². The highest BCUT2D eigenvalue weighted by atomic mass is 16.5. The van der Waals surface area contributed by atoms with Crippen LogP contribution in [0, 0.1) is 6.92 Å². The van der Waals surface area contributed by atoms with Crippen molar-refractivity contribution in [2.75, 3.05) is 35.2 Å². The second kappa shape index (κ2) is 7.59. The Bertz CT molecular complexity index is 1240. The lowest BCUT2D eigenvalue weighted by Gasteiger charge is -2.32. The van der Waals surface area contributed by atoms with Crippen molar-refractivity contribution in [1.29, 1.82) is 0 Å². The first-order valence-corrected chi connectivity index (χ1v) is 11.6. The molecule has 0 spiro atoms. The molecule has 0 saturated heterocycles. The molecule has 8 heteroatoms. The third-order valence-corrected chi connectivity index (χ3v) is 6.96. The molecule has 0 atom stereocenters. The number of ether oxygens (including phenoxy) is 1. The summed E-state index contributed by atoms with van der Waals surface area (Å²) in [6.07, 6.45) is 4.80. The van der Waals surface area contributed by atoms with Crippen molar-refractivity contribution < 1.29 is 4.74 Å². The normalized spacial score (nSPS) is 18.0. The van der Waals surface area contributed by atoms with Crippen molar-refractivity contribution in [1.82, 2.24) is 20.3 Å². The number of benzene rings is 1. The van der Waals surface area contributed by atoms with Crippen molar-refractivity contribution in [3.05, 3.63) is 58.5 Å². The average molecular weight is 444 g/mol. The molecule has 33 heavy (non-hydrogen) atoms. The van der Waals surface area contributed by atoms with Gasteiger partial charge >= 0.3 is 0 Å². The van der Waals surface area contributed by atoms with Gasteiger partial charge in [0.05, 0.1) is 24.1 Å². The Balaban J connectivity index is 1.24. The molecule has 0 amide bonds. The van der Waals surface area contributed by atoms with Gasteiger partial charge in [0.15, 0.2) is 0 Å². The van der Waals surface area contributed by atoms with Gasteiger partial charge in [-0.3, -0.25) is 0 Å². The molecule has 0 bridgehead atoms. The molecule has 8 nitrogen and oxygen atoms in total. The van der Waals surface area contributed by atoms with Crippen LogP contribution < -0.4 is 25.6 Å². The number of aromatic nitrogens is 3. The lowest BCUT2D eigenvalue weighted by atomic mass is 9.94. The summed E-state index contributed by atoms with van der Waals surface area (Å²) in [5.74, 6) is 1.33. The van der Waals surface area contributed by atoms with Gasteiger partial charge < -0.3 is 25.6 Å². The van der Waals surface area contributed by atoms with Crippen LogP contribution in [0.1, 0.15) is 41.8 Å². The first-order valence-electron chi connectivity index (χ1n) is 11.6. The second-order valence-electron chi connectivity index (χ2n) is 9.54. The minimum atomic E-state index is 0.0188. The maximum absolute atomic E-state index is 5.69. The van der Waals surface area contributed by atoms with Gasteiger partial charge in [-0.1, -0.05) is 6.07 Å². The molecule has 3 aliphatic rings. The Morgan fingerprint density at radius 3 is 2.97 bits per heavy atom. The summed E-state index contributed by atoms with van der Waals surface area (Å²) in [7, 11) is 0. The number of nitrogens with one attached hydrogen (secondary N) is 3. The van der Waals surface area contributed by atoms with E-state index in [1.807, 2.05) is 12.4 Å². The molecule has 3 aliphatic heterocycles. The molecular formula is C25H29N7O. The summed E-state index contributed by atoms with van der Waals surface area (Å²) in [6, 6.07) is 6.50. The fourth-order valence-corrected chi connectivity index (χ4v) is 5.07. The third kappa shape index (κ3) is 3.54. The Hall–Kier alpha value is -3.39.